The van der Waals surface area contributed by atoms with E-state index in [-0.39, 0.29) is 43.3 Å². The molecule has 0 aliphatic heterocycles. The summed E-state index contributed by atoms with van der Waals surface area (Å²) in [5.41, 5.74) is 8.05. The minimum Gasteiger partial charge on any atom is -0.361 e. The van der Waals surface area contributed by atoms with Crippen molar-refractivity contribution in [2.45, 2.75) is 25.8 Å². The lowest BCUT2D eigenvalue weighted by Gasteiger charge is -2.13. The SMILES string of the molecule is C[C@H](CC(=N)Cc1c[nH]c2ccccc12)NC(=O)CN.Cl.Cl. The monoisotopic (exact) mass is 344 g/mol. The Hall–Kier alpha value is -1.56. The number of para-hydroxylation sites is 1. The molecular formula is C15H22Cl2N4O. The zero-order chi connectivity index (χ0) is 14.5. The number of aromatic nitrogens is 1. The summed E-state index contributed by atoms with van der Waals surface area (Å²) in [5, 5.41) is 12.0. The maximum atomic E-state index is 11.2. The number of hydrogen-bond donors (Lipinski definition) is 4. The summed E-state index contributed by atoms with van der Waals surface area (Å²) in [7, 11) is 0. The zero-order valence-corrected chi connectivity index (χ0v) is 14.0. The van der Waals surface area contributed by atoms with Crippen LogP contribution in [0.15, 0.2) is 30.5 Å². The normalized spacial score (nSPS) is 11.2. The van der Waals surface area contributed by atoms with Gasteiger partial charge in [-0.1, -0.05) is 18.2 Å². The minimum absolute atomic E-state index is 0. The number of nitrogens with two attached hydrogens (primary N) is 1. The Labute approximate surface area is 142 Å². The third kappa shape index (κ3) is 5.33. The van der Waals surface area contributed by atoms with Gasteiger partial charge in [-0.2, -0.15) is 0 Å². The number of amides is 1. The highest BCUT2D eigenvalue weighted by atomic mass is 35.5. The van der Waals surface area contributed by atoms with Crippen LogP contribution in [0.4, 0.5) is 0 Å². The first-order valence-corrected chi connectivity index (χ1v) is 6.71. The summed E-state index contributed by atoms with van der Waals surface area (Å²) < 4.78 is 0. The molecule has 2 aromatic rings. The van der Waals surface area contributed by atoms with Crippen LogP contribution in [0.25, 0.3) is 10.9 Å². The van der Waals surface area contributed by atoms with Crippen LogP contribution in [0.2, 0.25) is 0 Å². The van der Waals surface area contributed by atoms with Crippen LogP contribution >= 0.6 is 24.8 Å². The van der Waals surface area contributed by atoms with Gasteiger partial charge in [-0.05, 0) is 18.6 Å². The number of benzene rings is 1. The number of rotatable bonds is 6. The van der Waals surface area contributed by atoms with Crippen LogP contribution in [0.5, 0.6) is 0 Å². The zero-order valence-electron chi connectivity index (χ0n) is 12.4. The van der Waals surface area contributed by atoms with Gasteiger partial charge in [0.05, 0.1) is 6.54 Å². The second kappa shape index (κ2) is 9.46. The molecule has 2 rings (SSSR count). The Morgan fingerprint density at radius 3 is 2.73 bits per heavy atom. The molecule has 1 heterocycles. The number of nitrogens with one attached hydrogen (secondary N) is 3. The summed E-state index contributed by atoms with van der Waals surface area (Å²) in [4.78, 5) is 14.4. The third-order valence-electron chi connectivity index (χ3n) is 3.22. The van der Waals surface area contributed by atoms with Crippen molar-refractivity contribution in [3.8, 4) is 0 Å². The average Bonchev–Trinajstić information content (AvgIpc) is 2.81. The summed E-state index contributed by atoms with van der Waals surface area (Å²) in [6, 6.07) is 7.98. The van der Waals surface area contributed by atoms with Gasteiger partial charge in [-0.15, -0.1) is 24.8 Å². The molecule has 122 valence electrons. The molecule has 1 aromatic carbocycles. The van der Waals surface area contributed by atoms with Gasteiger partial charge in [0.25, 0.3) is 0 Å². The van der Waals surface area contributed by atoms with Crippen LogP contribution in [-0.4, -0.2) is 29.2 Å². The number of hydrogen-bond acceptors (Lipinski definition) is 3. The molecule has 0 aliphatic carbocycles. The molecule has 5 N–H and O–H groups in total. The Morgan fingerprint density at radius 1 is 1.36 bits per heavy atom. The number of H-pyrrole nitrogens is 1. The fraction of sp³-hybridized carbons (Fsp3) is 0.333. The summed E-state index contributed by atoms with van der Waals surface area (Å²) in [6.45, 7) is 1.87. The smallest absolute Gasteiger partial charge is 0.233 e. The van der Waals surface area contributed by atoms with E-state index in [0.717, 1.165) is 16.5 Å². The second-order valence-electron chi connectivity index (χ2n) is 5.02. The molecule has 0 radical (unpaired) electrons. The fourth-order valence-electron chi connectivity index (χ4n) is 2.33. The van der Waals surface area contributed by atoms with E-state index < -0.39 is 0 Å². The Bertz CT molecular complexity index is 627. The molecule has 22 heavy (non-hydrogen) atoms. The minimum atomic E-state index is -0.183. The summed E-state index contributed by atoms with van der Waals surface area (Å²) in [6.07, 6.45) is 3.07. The number of carbonyl (C=O) groups excluding carboxylic acids is 1. The Morgan fingerprint density at radius 2 is 2.05 bits per heavy atom. The fourth-order valence-corrected chi connectivity index (χ4v) is 2.33. The molecule has 1 atom stereocenters. The van der Waals surface area contributed by atoms with Gasteiger partial charge in [0.15, 0.2) is 0 Å². The number of fused-ring (bicyclic) bond motifs is 1. The lowest BCUT2D eigenvalue weighted by molar-refractivity contribution is -0.120. The van der Waals surface area contributed by atoms with Crippen LogP contribution in [0.3, 0.4) is 0 Å². The van der Waals surface area contributed by atoms with Crippen molar-refractivity contribution in [2.24, 2.45) is 5.73 Å². The van der Waals surface area contributed by atoms with Crippen LogP contribution in [-0.2, 0) is 11.2 Å². The van der Waals surface area contributed by atoms with Crippen LogP contribution in [0.1, 0.15) is 18.9 Å². The maximum Gasteiger partial charge on any atom is 0.233 e. The second-order valence-corrected chi connectivity index (χ2v) is 5.02. The van der Waals surface area contributed by atoms with E-state index in [0.29, 0.717) is 18.6 Å². The molecular weight excluding hydrogens is 323 g/mol. The molecule has 5 nitrogen and oxygen atoms in total. The highest BCUT2D eigenvalue weighted by Crippen LogP contribution is 2.18. The van der Waals surface area contributed by atoms with Crippen molar-refractivity contribution in [2.75, 3.05) is 6.54 Å². The van der Waals surface area contributed by atoms with E-state index in [9.17, 15) is 4.79 Å². The van der Waals surface area contributed by atoms with Gasteiger partial charge >= 0.3 is 0 Å². The molecule has 1 amide bonds. The first-order valence-electron chi connectivity index (χ1n) is 6.71. The van der Waals surface area contributed by atoms with Crippen molar-refractivity contribution in [1.29, 1.82) is 5.41 Å². The van der Waals surface area contributed by atoms with Crippen LogP contribution < -0.4 is 11.1 Å². The third-order valence-corrected chi connectivity index (χ3v) is 3.22. The predicted octanol–water partition coefficient (Wildman–Crippen LogP) is 2.43. The molecule has 7 heteroatoms. The van der Waals surface area contributed by atoms with Gasteiger partial charge < -0.3 is 21.4 Å². The first-order chi connectivity index (χ1) is 9.60. The molecule has 0 saturated heterocycles. The van der Waals surface area contributed by atoms with Crippen molar-refractivity contribution < 1.29 is 4.79 Å². The molecule has 1 aromatic heterocycles. The van der Waals surface area contributed by atoms with Gasteiger partial charge in [0, 0.05) is 41.7 Å². The highest BCUT2D eigenvalue weighted by Gasteiger charge is 2.11. The molecule has 0 saturated carbocycles. The molecule has 0 unspecified atom stereocenters. The number of aromatic amines is 1. The average molecular weight is 345 g/mol. The molecule has 0 bridgehead atoms. The Balaban J connectivity index is 0.00000220. The van der Waals surface area contributed by atoms with Crippen LogP contribution in [0, 0.1) is 5.41 Å². The summed E-state index contributed by atoms with van der Waals surface area (Å²) >= 11 is 0. The van der Waals surface area contributed by atoms with E-state index in [4.69, 9.17) is 11.1 Å². The Kier molecular flexibility index (Phi) is 8.79. The quantitative estimate of drug-likeness (QED) is 0.605. The van der Waals surface area contributed by atoms with E-state index in [1.54, 1.807) is 0 Å². The first kappa shape index (κ1) is 20.4. The van der Waals surface area contributed by atoms with Crippen molar-refractivity contribution in [3.05, 3.63) is 36.0 Å². The van der Waals surface area contributed by atoms with Gasteiger partial charge in [-0.3, -0.25) is 4.79 Å². The van der Waals surface area contributed by atoms with E-state index in [1.807, 2.05) is 37.4 Å². The molecule has 0 spiro atoms. The lowest BCUT2D eigenvalue weighted by Crippen LogP contribution is -2.38. The number of halogens is 2. The van der Waals surface area contributed by atoms with Gasteiger partial charge in [0.2, 0.25) is 5.91 Å². The molecule has 0 fully saturated rings. The van der Waals surface area contributed by atoms with Crippen molar-refractivity contribution in [1.82, 2.24) is 10.3 Å². The van der Waals surface area contributed by atoms with E-state index in [1.165, 1.54) is 0 Å². The van der Waals surface area contributed by atoms with Crippen molar-refractivity contribution in [3.63, 3.8) is 0 Å². The van der Waals surface area contributed by atoms with Crippen molar-refractivity contribution >= 4 is 47.3 Å². The highest BCUT2D eigenvalue weighted by molar-refractivity contribution is 5.91. The molecule has 0 aliphatic rings. The predicted molar refractivity (Wildman–Crippen MR) is 95.5 cm³/mol. The van der Waals surface area contributed by atoms with E-state index in [2.05, 4.69) is 10.3 Å². The number of carbonyl (C=O) groups is 1. The lowest BCUT2D eigenvalue weighted by atomic mass is 10.0. The maximum absolute atomic E-state index is 11.2. The van der Waals surface area contributed by atoms with Gasteiger partial charge in [-0.25, -0.2) is 0 Å². The van der Waals surface area contributed by atoms with Gasteiger partial charge in [0.1, 0.15) is 0 Å². The topological polar surface area (TPSA) is 94.8 Å². The standard InChI is InChI=1S/C15H20N4O.2ClH/c1-10(19-15(20)8-16)6-12(17)7-11-9-18-14-5-3-2-4-13(11)14;;/h2-5,9-10,17-18H,6-8,16H2,1H3,(H,19,20);2*1H/t10-;;/m1../s1. The summed E-state index contributed by atoms with van der Waals surface area (Å²) in [5.74, 6) is -0.183. The largest absolute Gasteiger partial charge is 0.361 e. The van der Waals surface area contributed by atoms with E-state index >= 15 is 0 Å².